The lowest BCUT2D eigenvalue weighted by Crippen LogP contribution is -2.36. The number of piperidine rings is 1. The Balaban J connectivity index is 1.37. The highest BCUT2D eigenvalue weighted by molar-refractivity contribution is 8.27. The second kappa shape index (κ2) is 10.4. The highest BCUT2D eigenvalue weighted by atomic mass is 32.2. The van der Waals surface area contributed by atoms with E-state index in [1.165, 1.54) is 16.8 Å². The number of aromatic nitrogens is 1. The molecule has 0 radical (unpaired) electrons. The van der Waals surface area contributed by atoms with E-state index >= 15 is 0 Å². The molecule has 0 bridgehead atoms. The lowest BCUT2D eigenvalue weighted by molar-refractivity contribution is -0.130. The van der Waals surface area contributed by atoms with Gasteiger partial charge >= 0.3 is 0 Å². The van der Waals surface area contributed by atoms with Gasteiger partial charge in [-0.2, -0.15) is 15.1 Å². The first-order chi connectivity index (χ1) is 17.9. The molecule has 2 amide bonds. The van der Waals surface area contributed by atoms with Crippen molar-refractivity contribution in [1.82, 2.24) is 14.5 Å². The van der Waals surface area contributed by atoms with Crippen LogP contribution in [0.5, 0.6) is 5.75 Å². The Labute approximate surface area is 220 Å². The zero-order valence-electron chi connectivity index (χ0n) is 21.3. The smallest absolute Gasteiger partial charge is 0.283 e. The molecule has 1 aromatic carbocycles. The number of ether oxygens (including phenoxy) is 1. The first-order valence-electron chi connectivity index (χ1n) is 12.5. The minimum Gasteiger partial charge on any atom is -0.494 e. The van der Waals surface area contributed by atoms with Crippen LogP contribution in [-0.2, 0) is 9.59 Å². The van der Waals surface area contributed by atoms with Crippen molar-refractivity contribution in [1.29, 1.82) is 5.41 Å². The molecule has 1 fully saturated rings. The molecule has 192 valence electrons. The number of benzene rings is 1. The number of carbonyl (C=O) groups is 2. The summed E-state index contributed by atoms with van der Waals surface area (Å²) in [7, 11) is 0. The van der Waals surface area contributed by atoms with Gasteiger partial charge in [-0.1, -0.05) is 0 Å². The van der Waals surface area contributed by atoms with Gasteiger partial charge in [0.1, 0.15) is 10.8 Å². The minimum atomic E-state index is -0.478. The van der Waals surface area contributed by atoms with Gasteiger partial charge in [0.15, 0.2) is 5.84 Å². The maximum absolute atomic E-state index is 12.9. The number of fused-ring (bicyclic) bond motifs is 1. The molecule has 5 rings (SSSR count). The summed E-state index contributed by atoms with van der Waals surface area (Å²) >= 11 is 1.19. The molecule has 1 N–H and O–H groups in total. The van der Waals surface area contributed by atoms with Crippen molar-refractivity contribution in [3.63, 3.8) is 0 Å². The first-order valence-corrected chi connectivity index (χ1v) is 13.4. The van der Waals surface area contributed by atoms with Crippen LogP contribution < -0.4 is 4.74 Å². The third-order valence-corrected chi connectivity index (χ3v) is 7.59. The van der Waals surface area contributed by atoms with Crippen molar-refractivity contribution in [2.24, 2.45) is 10.1 Å². The van der Waals surface area contributed by atoms with Crippen LogP contribution in [0.25, 0.3) is 11.8 Å². The highest BCUT2D eigenvalue weighted by Crippen LogP contribution is 2.31. The quantitative estimate of drug-likeness (QED) is 0.567. The SMILES string of the molecule is CCOc1ccc(-n2c(C)cc(/C=C3\C(=N)N4N=C(CC(=O)N5CCCCC5)SC4=NC3=O)c2C)cc1. The van der Waals surface area contributed by atoms with E-state index in [2.05, 4.69) is 14.7 Å². The van der Waals surface area contributed by atoms with Gasteiger partial charge in [-0.3, -0.25) is 15.0 Å². The lowest BCUT2D eigenvalue weighted by atomic mass is 10.1. The van der Waals surface area contributed by atoms with Gasteiger partial charge in [0, 0.05) is 30.2 Å². The molecular formula is C27H30N6O3S. The van der Waals surface area contributed by atoms with Crippen molar-refractivity contribution in [2.75, 3.05) is 19.7 Å². The summed E-state index contributed by atoms with van der Waals surface area (Å²) in [5, 5.41) is 15.4. The van der Waals surface area contributed by atoms with Crippen LogP contribution in [0.2, 0.25) is 0 Å². The third-order valence-electron chi connectivity index (χ3n) is 6.68. The Hall–Kier alpha value is -3.66. The third kappa shape index (κ3) is 4.98. The standard InChI is InChI=1S/C27H30N6O3S/c1-4-36-21-10-8-20(9-11-21)32-17(2)14-19(18(32)3)15-22-25(28)33-27(29-26(22)35)37-23(30-33)16-24(34)31-12-6-5-7-13-31/h8-11,14-15,28H,4-7,12-13,16H2,1-3H3/b22-15+,28-25?. The molecule has 0 atom stereocenters. The number of amidine groups is 2. The Morgan fingerprint density at radius 2 is 1.89 bits per heavy atom. The summed E-state index contributed by atoms with van der Waals surface area (Å²) in [6, 6.07) is 9.85. The highest BCUT2D eigenvalue weighted by Gasteiger charge is 2.36. The molecule has 1 saturated heterocycles. The number of rotatable bonds is 6. The van der Waals surface area contributed by atoms with E-state index in [-0.39, 0.29) is 23.7 Å². The minimum absolute atomic E-state index is 0.0294. The van der Waals surface area contributed by atoms with E-state index in [1.54, 1.807) is 6.08 Å². The van der Waals surface area contributed by atoms with Crippen LogP contribution in [0, 0.1) is 19.3 Å². The summed E-state index contributed by atoms with van der Waals surface area (Å²) in [5.41, 5.74) is 3.92. The zero-order valence-corrected chi connectivity index (χ0v) is 22.1. The topological polar surface area (TPSA) is 103 Å². The summed E-state index contributed by atoms with van der Waals surface area (Å²) < 4.78 is 7.65. The number of likely N-dealkylation sites (tertiary alicyclic amines) is 1. The molecule has 0 spiro atoms. The van der Waals surface area contributed by atoms with Crippen molar-refractivity contribution in [3.05, 3.63) is 52.9 Å². The molecule has 4 heterocycles. The predicted octanol–water partition coefficient (Wildman–Crippen LogP) is 4.51. The summed E-state index contributed by atoms with van der Waals surface area (Å²) in [4.78, 5) is 31.7. The van der Waals surface area contributed by atoms with E-state index in [9.17, 15) is 9.59 Å². The lowest BCUT2D eigenvalue weighted by Gasteiger charge is -2.26. The van der Waals surface area contributed by atoms with Gasteiger partial charge in [0.2, 0.25) is 11.1 Å². The van der Waals surface area contributed by atoms with Crippen LogP contribution in [0.3, 0.4) is 0 Å². The van der Waals surface area contributed by atoms with Crippen molar-refractivity contribution in [2.45, 2.75) is 46.5 Å². The fourth-order valence-corrected chi connectivity index (χ4v) is 5.71. The van der Waals surface area contributed by atoms with Crippen molar-refractivity contribution < 1.29 is 14.3 Å². The molecular weight excluding hydrogens is 488 g/mol. The number of hydrogen-bond acceptors (Lipinski definition) is 6. The maximum atomic E-state index is 12.9. The fourth-order valence-electron chi connectivity index (χ4n) is 4.83. The number of hydrazone groups is 1. The molecule has 0 aliphatic carbocycles. The second-order valence-electron chi connectivity index (χ2n) is 9.22. The number of aliphatic imine (C=N–C) groups is 1. The van der Waals surface area contributed by atoms with Crippen LogP contribution in [0.15, 0.2) is 46.0 Å². The normalized spacial score (nSPS) is 18.7. The van der Waals surface area contributed by atoms with E-state index in [1.807, 2.05) is 56.0 Å². The van der Waals surface area contributed by atoms with Crippen LogP contribution in [-0.4, -0.2) is 62.0 Å². The maximum Gasteiger partial charge on any atom is 0.283 e. The molecule has 0 unspecified atom stereocenters. The number of nitrogens with one attached hydrogen (secondary N) is 1. The van der Waals surface area contributed by atoms with E-state index in [0.29, 0.717) is 16.8 Å². The number of amides is 2. The summed E-state index contributed by atoms with van der Waals surface area (Å²) in [6.07, 6.45) is 5.06. The monoisotopic (exact) mass is 518 g/mol. The Kier molecular flexibility index (Phi) is 7.01. The van der Waals surface area contributed by atoms with Gasteiger partial charge < -0.3 is 14.2 Å². The molecule has 1 aromatic heterocycles. The van der Waals surface area contributed by atoms with Crippen molar-refractivity contribution in [3.8, 4) is 11.4 Å². The van der Waals surface area contributed by atoms with Crippen LogP contribution >= 0.6 is 11.8 Å². The molecule has 2 aromatic rings. The van der Waals surface area contributed by atoms with Gasteiger partial charge in [-0.25, -0.2) is 0 Å². The summed E-state index contributed by atoms with van der Waals surface area (Å²) in [6.45, 7) is 8.10. The average molecular weight is 519 g/mol. The molecule has 0 saturated carbocycles. The first kappa shape index (κ1) is 25.0. The van der Waals surface area contributed by atoms with E-state index < -0.39 is 5.91 Å². The summed E-state index contributed by atoms with van der Waals surface area (Å²) in [5.74, 6) is 0.330. The van der Waals surface area contributed by atoms with Gasteiger partial charge in [-0.05, 0) is 93.8 Å². The molecule has 3 aliphatic heterocycles. The Bertz CT molecular complexity index is 1350. The number of nitrogens with zero attached hydrogens (tertiary/aromatic N) is 5. The number of carbonyl (C=O) groups excluding carboxylic acids is 2. The van der Waals surface area contributed by atoms with E-state index in [4.69, 9.17) is 10.1 Å². The average Bonchev–Trinajstić information content (AvgIpc) is 3.42. The van der Waals surface area contributed by atoms with Gasteiger partial charge in [0.25, 0.3) is 5.91 Å². The molecule has 10 heteroatoms. The van der Waals surface area contributed by atoms with E-state index in [0.717, 1.165) is 60.7 Å². The molecule has 37 heavy (non-hydrogen) atoms. The number of thioether (sulfide) groups is 1. The second-order valence-corrected chi connectivity index (χ2v) is 10.3. The predicted molar refractivity (Wildman–Crippen MR) is 146 cm³/mol. The molecule has 9 nitrogen and oxygen atoms in total. The Morgan fingerprint density at radius 1 is 1.16 bits per heavy atom. The van der Waals surface area contributed by atoms with Crippen LogP contribution in [0.4, 0.5) is 0 Å². The zero-order chi connectivity index (χ0) is 26.1. The van der Waals surface area contributed by atoms with Gasteiger partial charge in [-0.15, -0.1) is 0 Å². The number of aryl methyl sites for hydroxylation is 1. The Morgan fingerprint density at radius 3 is 2.59 bits per heavy atom. The van der Waals surface area contributed by atoms with Gasteiger partial charge in [0.05, 0.1) is 18.6 Å². The van der Waals surface area contributed by atoms with Crippen LogP contribution in [0.1, 0.15) is 49.6 Å². The number of hydrogen-bond donors (Lipinski definition) is 1. The fraction of sp³-hybridized carbons (Fsp3) is 0.370. The molecule has 3 aliphatic rings. The largest absolute Gasteiger partial charge is 0.494 e. The van der Waals surface area contributed by atoms with Crippen molar-refractivity contribution >= 4 is 45.7 Å².